The average Bonchev–Trinajstić information content (AvgIpc) is 2.03. The Bertz CT molecular complexity index is 216. The number of thiocarbonyl (C=S) groups is 1. The topological polar surface area (TPSA) is 38.3 Å². The third kappa shape index (κ3) is 2.95. The molecule has 0 aromatic heterocycles. The van der Waals surface area contributed by atoms with Crippen molar-refractivity contribution < 1.29 is 9.53 Å². The number of carbonyl (C=O) groups excluding carboxylic acids is 1. The lowest BCUT2D eigenvalue weighted by Crippen LogP contribution is -2.40. The van der Waals surface area contributed by atoms with E-state index >= 15 is 0 Å². The monoisotopic (exact) mass is 201 g/mol. The second-order valence-corrected chi connectivity index (χ2v) is 3.91. The van der Waals surface area contributed by atoms with Gasteiger partial charge in [0.1, 0.15) is 5.92 Å². The van der Waals surface area contributed by atoms with E-state index in [4.69, 9.17) is 17.0 Å². The van der Waals surface area contributed by atoms with Crippen LogP contribution in [0.2, 0.25) is 0 Å². The fourth-order valence-electron chi connectivity index (χ4n) is 1.31. The van der Waals surface area contributed by atoms with E-state index in [0.29, 0.717) is 4.99 Å². The summed E-state index contributed by atoms with van der Waals surface area (Å²) in [6, 6.07) is 0. The van der Waals surface area contributed by atoms with E-state index in [1.54, 1.807) is 0 Å². The molecule has 1 fully saturated rings. The van der Waals surface area contributed by atoms with Gasteiger partial charge in [-0.25, -0.2) is 0 Å². The number of esters is 1. The molecule has 0 amide bonds. The van der Waals surface area contributed by atoms with Gasteiger partial charge in [-0.1, -0.05) is 12.2 Å². The minimum Gasteiger partial charge on any atom is -0.462 e. The molecule has 1 N–H and O–H groups in total. The van der Waals surface area contributed by atoms with Crippen LogP contribution in [0.4, 0.5) is 0 Å². The van der Waals surface area contributed by atoms with Crippen LogP contribution in [0.3, 0.4) is 0 Å². The molecule has 0 saturated carbocycles. The maximum atomic E-state index is 11.5. The first-order chi connectivity index (χ1) is 6.11. The van der Waals surface area contributed by atoms with Crippen molar-refractivity contribution in [3.05, 3.63) is 0 Å². The lowest BCUT2D eigenvalue weighted by atomic mass is 10.00. The minimum absolute atomic E-state index is 0.0581. The van der Waals surface area contributed by atoms with E-state index < -0.39 is 0 Å². The molecular formula is C9H15NO2S. The zero-order chi connectivity index (χ0) is 9.84. The molecule has 0 aliphatic carbocycles. The summed E-state index contributed by atoms with van der Waals surface area (Å²) in [5.74, 6) is -0.404. The molecule has 1 unspecified atom stereocenters. The molecule has 0 spiro atoms. The highest BCUT2D eigenvalue weighted by Crippen LogP contribution is 2.15. The Kier molecular flexibility index (Phi) is 3.66. The van der Waals surface area contributed by atoms with Gasteiger partial charge in [0.05, 0.1) is 11.1 Å². The highest BCUT2D eigenvalue weighted by atomic mass is 32.1. The summed E-state index contributed by atoms with van der Waals surface area (Å²) in [5.41, 5.74) is 0. The van der Waals surface area contributed by atoms with Crippen LogP contribution in [0, 0.1) is 5.92 Å². The van der Waals surface area contributed by atoms with Gasteiger partial charge >= 0.3 is 5.97 Å². The van der Waals surface area contributed by atoms with Crippen LogP contribution in [0.1, 0.15) is 26.7 Å². The lowest BCUT2D eigenvalue weighted by molar-refractivity contribution is -0.150. The summed E-state index contributed by atoms with van der Waals surface area (Å²) >= 11 is 5.04. The molecule has 1 heterocycles. The number of hydrogen-bond donors (Lipinski definition) is 1. The Balaban J connectivity index is 2.49. The van der Waals surface area contributed by atoms with E-state index in [0.717, 1.165) is 19.4 Å². The van der Waals surface area contributed by atoms with E-state index in [1.165, 1.54) is 0 Å². The minimum atomic E-state index is -0.217. The summed E-state index contributed by atoms with van der Waals surface area (Å²) in [7, 11) is 0. The van der Waals surface area contributed by atoms with Crippen LogP contribution in [0.5, 0.6) is 0 Å². The maximum absolute atomic E-state index is 11.5. The van der Waals surface area contributed by atoms with Crippen LogP contribution in [-0.2, 0) is 9.53 Å². The molecular weight excluding hydrogens is 186 g/mol. The van der Waals surface area contributed by atoms with Crippen LogP contribution in [0.25, 0.3) is 0 Å². The van der Waals surface area contributed by atoms with Crippen LogP contribution in [-0.4, -0.2) is 23.6 Å². The average molecular weight is 201 g/mol. The molecule has 0 radical (unpaired) electrons. The number of ether oxygens (including phenoxy) is 1. The molecule has 1 saturated heterocycles. The molecule has 4 heteroatoms. The normalized spacial score (nSPS) is 22.7. The van der Waals surface area contributed by atoms with Gasteiger partial charge in [-0.3, -0.25) is 4.79 Å². The SMILES string of the molecule is CC(C)OC(=O)C1CCCNC1=S. The summed E-state index contributed by atoms with van der Waals surface area (Å²) in [6.07, 6.45) is 1.74. The molecule has 74 valence electrons. The molecule has 1 atom stereocenters. The molecule has 0 aromatic carbocycles. The van der Waals surface area contributed by atoms with Crippen LogP contribution in [0.15, 0.2) is 0 Å². The number of carbonyl (C=O) groups is 1. The van der Waals surface area contributed by atoms with Crippen molar-refractivity contribution in [2.24, 2.45) is 5.92 Å². The van der Waals surface area contributed by atoms with Gasteiger partial charge in [0.2, 0.25) is 0 Å². The van der Waals surface area contributed by atoms with Gasteiger partial charge < -0.3 is 10.1 Å². The van der Waals surface area contributed by atoms with E-state index in [2.05, 4.69) is 5.32 Å². The van der Waals surface area contributed by atoms with Crippen molar-refractivity contribution >= 4 is 23.2 Å². The second kappa shape index (κ2) is 4.56. The molecule has 13 heavy (non-hydrogen) atoms. The largest absolute Gasteiger partial charge is 0.462 e. The second-order valence-electron chi connectivity index (χ2n) is 3.47. The standard InChI is InChI=1S/C9H15NO2S/c1-6(2)12-9(11)7-4-3-5-10-8(7)13/h6-7H,3-5H2,1-2H3,(H,10,13). The fraction of sp³-hybridized carbons (Fsp3) is 0.778. The van der Waals surface area contributed by atoms with Gasteiger partial charge in [0, 0.05) is 6.54 Å². The first-order valence-electron chi connectivity index (χ1n) is 4.59. The number of nitrogens with one attached hydrogen (secondary N) is 1. The Morgan fingerprint density at radius 1 is 1.69 bits per heavy atom. The van der Waals surface area contributed by atoms with Crippen molar-refractivity contribution in [2.75, 3.05) is 6.54 Å². The van der Waals surface area contributed by atoms with Gasteiger partial charge in [-0.2, -0.15) is 0 Å². The van der Waals surface area contributed by atoms with Gasteiger partial charge in [-0.05, 0) is 26.7 Å². The fourth-order valence-corrected chi connectivity index (χ4v) is 1.63. The van der Waals surface area contributed by atoms with Gasteiger partial charge in [0.25, 0.3) is 0 Å². The Morgan fingerprint density at radius 3 is 2.92 bits per heavy atom. The first kappa shape index (κ1) is 10.4. The summed E-state index contributed by atoms with van der Waals surface area (Å²) in [4.78, 5) is 12.1. The molecule has 1 aliphatic heterocycles. The first-order valence-corrected chi connectivity index (χ1v) is 5.00. The predicted molar refractivity (Wildman–Crippen MR) is 54.6 cm³/mol. The quantitative estimate of drug-likeness (QED) is 0.539. The van der Waals surface area contributed by atoms with Gasteiger partial charge in [-0.15, -0.1) is 0 Å². The number of hydrogen-bond acceptors (Lipinski definition) is 3. The zero-order valence-corrected chi connectivity index (χ0v) is 8.82. The molecule has 0 aromatic rings. The van der Waals surface area contributed by atoms with Crippen molar-refractivity contribution in [3.8, 4) is 0 Å². The van der Waals surface area contributed by atoms with Crippen LogP contribution < -0.4 is 5.32 Å². The van der Waals surface area contributed by atoms with Gasteiger partial charge in [0.15, 0.2) is 0 Å². The zero-order valence-electron chi connectivity index (χ0n) is 8.00. The van der Waals surface area contributed by atoms with Crippen molar-refractivity contribution in [2.45, 2.75) is 32.8 Å². The van der Waals surface area contributed by atoms with E-state index in [-0.39, 0.29) is 18.0 Å². The summed E-state index contributed by atoms with van der Waals surface area (Å²) < 4.78 is 5.09. The number of piperidine rings is 1. The number of rotatable bonds is 2. The molecule has 3 nitrogen and oxygen atoms in total. The van der Waals surface area contributed by atoms with E-state index in [9.17, 15) is 4.79 Å². The Labute approximate surface area is 83.8 Å². The van der Waals surface area contributed by atoms with Crippen LogP contribution >= 0.6 is 12.2 Å². The molecule has 1 aliphatic rings. The third-order valence-corrected chi connectivity index (χ3v) is 2.35. The lowest BCUT2D eigenvalue weighted by Gasteiger charge is -2.23. The third-order valence-electron chi connectivity index (χ3n) is 1.92. The Morgan fingerprint density at radius 2 is 2.38 bits per heavy atom. The highest BCUT2D eigenvalue weighted by molar-refractivity contribution is 7.80. The highest BCUT2D eigenvalue weighted by Gasteiger charge is 2.27. The summed E-state index contributed by atoms with van der Waals surface area (Å²) in [5, 5.41) is 3.02. The smallest absolute Gasteiger partial charge is 0.316 e. The molecule has 1 rings (SSSR count). The van der Waals surface area contributed by atoms with Crippen molar-refractivity contribution in [1.82, 2.24) is 5.32 Å². The molecule has 0 bridgehead atoms. The Hall–Kier alpha value is -0.640. The maximum Gasteiger partial charge on any atom is 0.316 e. The summed E-state index contributed by atoms with van der Waals surface area (Å²) in [6.45, 7) is 4.57. The van der Waals surface area contributed by atoms with Crippen molar-refractivity contribution in [1.29, 1.82) is 0 Å². The predicted octanol–water partition coefficient (Wildman–Crippen LogP) is 1.26. The van der Waals surface area contributed by atoms with Crippen molar-refractivity contribution in [3.63, 3.8) is 0 Å². The van der Waals surface area contributed by atoms with E-state index in [1.807, 2.05) is 13.8 Å².